The van der Waals surface area contributed by atoms with Crippen LogP contribution in [0.5, 0.6) is 0 Å². The molecule has 0 amide bonds. The SMILES string of the molecule is CC1(C)CCCCC1C(=O)[O-].[Hg+]. The Bertz CT molecular complexity index is 166. The second kappa shape index (κ2) is 4.59. The Morgan fingerprint density at radius 1 is 1.42 bits per heavy atom. The van der Waals surface area contributed by atoms with Crippen LogP contribution in [0.2, 0.25) is 0 Å². The van der Waals surface area contributed by atoms with Crippen LogP contribution in [-0.2, 0) is 32.5 Å². The molecule has 2 nitrogen and oxygen atoms in total. The Morgan fingerprint density at radius 3 is 2.33 bits per heavy atom. The van der Waals surface area contributed by atoms with Crippen LogP contribution in [0.25, 0.3) is 0 Å². The quantitative estimate of drug-likeness (QED) is 0.657. The van der Waals surface area contributed by atoms with Crippen LogP contribution < -0.4 is 5.11 Å². The zero-order valence-corrected chi connectivity index (χ0v) is 13.4. The first-order valence-corrected chi connectivity index (χ1v) is 4.25. The van der Waals surface area contributed by atoms with Crippen LogP contribution >= 0.6 is 0 Å². The van der Waals surface area contributed by atoms with Gasteiger partial charge in [0.1, 0.15) is 0 Å². The maximum absolute atomic E-state index is 10.7. The standard InChI is InChI=1S/C9H16O2.Hg/c1-9(2)6-4-3-5-7(9)8(10)11;/h7H,3-6H2,1-2H3,(H,10,11);/q;+1/p-1. The van der Waals surface area contributed by atoms with Gasteiger partial charge in [0.05, 0.1) is 0 Å². The summed E-state index contributed by atoms with van der Waals surface area (Å²) >= 11 is 0. The molecule has 0 aliphatic heterocycles. The fourth-order valence-electron chi connectivity index (χ4n) is 1.93. The Kier molecular flexibility index (Phi) is 4.74. The minimum absolute atomic E-state index is 0. The van der Waals surface area contributed by atoms with E-state index in [4.69, 9.17) is 0 Å². The fraction of sp³-hybridized carbons (Fsp3) is 0.889. The molecule has 0 aromatic carbocycles. The predicted molar refractivity (Wildman–Crippen MR) is 40.7 cm³/mol. The number of hydrogen-bond donors (Lipinski definition) is 0. The van der Waals surface area contributed by atoms with Gasteiger partial charge in [-0.2, -0.15) is 0 Å². The Hall–Kier alpha value is 0.405. The third-order valence-electron chi connectivity index (χ3n) is 2.79. The van der Waals surface area contributed by atoms with E-state index in [-0.39, 0.29) is 39.0 Å². The molecular weight excluding hydrogens is 341 g/mol. The maximum Gasteiger partial charge on any atom is 1.00 e. The molecule has 0 N–H and O–H groups in total. The normalized spacial score (nSPS) is 27.3. The van der Waals surface area contributed by atoms with Crippen LogP contribution in [0.15, 0.2) is 0 Å². The van der Waals surface area contributed by atoms with E-state index in [2.05, 4.69) is 0 Å². The van der Waals surface area contributed by atoms with Gasteiger partial charge in [0.25, 0.3) is 0 Å². The molecule has 1 saturated carbocycles. The van der Waals surface area contributed by atoms with Crippen molar-refractivity contribution in [3.63, 3.8) is 0 Å². The largest absolute Gasteiger partial charge is 1.00 e. The Balaban J connectivity index is 0.00000121. The van der Waals surface area contributed by atoms with Crippen molar-refractivity contribution >= 4 is 5.97 Å². The number of carbonyl (C=O) groups excluding carboxylic acids is 1. The van der Waals surface area contributed by atoms with Gasteiger partial charge >= 0.3 is 27.7 Å². The summed E-state index contributed by atoms with van der Waals surface area (Å²) in [5.74, 6) is -1.09. The van der Waals surface area contributed by atoms with Crippen LogP contribution in [-0.4, -0.2) is 5.97 Å². The molecule has 1 aliphatic rings. The molecule has 0 heterocycles. The van der Waals surface area contributed by atoms with Crippen molar-refractivity contribution in [1.29, 1.82) is 0 Å². The third-order valence-corrected chi connectivity index (χ3v) is 2.79. The van der Waals surface area contributed by atoms with Crippen molar-refractivity contribution in [2.45, 2.75) is 39.5 Å². The minimum atomic E-state index is -0.866. The minimum Gasteiger partial charge on any atom is -0.550 e. The summed E-state index contributed by atoms with van der Waals surface area (Å²) in [4.78, 5) is 10.7. The topological polar surface area (TPSA) is 40.1 Å². The second-order valence-electron chi connectivity index (χ2n) is 4.11. The molecule has 0 aromatic rings. The summed E-state index contributed by atoms with van der Waals surface area (Å²) in [5.41, 5.74) is -0.0446. The molecule has 12 heavy (non-hydrogen) atoms. The first-order valence-electron chi connectivity index (χ1n) is 4.25. The number of carboxylic acids is 1. The Labute approximate surface area is 94.2 Å². The summed E-state index contributed by atoms with van der Waals surface area (Å²) in [7, 11) is 0. The average molecular weight is 356 g/mol. The monoisotopic (exact) mass is 357 g/mol. The van der Waals surface area contributed by atoms with Crippen molar-refractivity contribution in [2.75, 3.05) is 0 Å². The zero-order valence-electron chi connectivity index (χ0n) is 7.93. The van der Waals surface area contributed by atoms with Crippen molar-refractivity contribution < 1.29 is 37.6 Å². The molecule has 0 bridgehead atoms. The van der Waals surface area contributed by atoms with Gasteiger partial charge in [-0.25, -0.2) is 0 Å². The summed E-state index contributed by atoms with van der Waals surface area (Å²) in [5, 5.41) is 10.7. The fourth-order valence-corrected chi connectivity index (χ4v) is 1.93. The molecule has 1 fully saturated rings. The van der Waals surface area contributed by atoms with Gasteiger partial charge < -0.3 is 9.90 Å². The average Bonchev–Trinajstić information content (AvgIpc) is 1.85. The van der Waals surface area contributed by atoms with Gasteiger partial charge in [-0.3, -0.25) is 0 Å². The molecule has 0 aromatic heterocycles. The molecule has 0 spiro atoms. The van der Waals surface area contributed by atoms with E-state index in [0.717, 1.165) is 25.7 Å². The molecular formula is C9H15HgO2. The van der Waals surface area contributed by atoms with E-state index >= 15 is 0 Å². The van der Waals surface area contributed by atoms with Gasteiger partial charge in [0, 0.05) is 11.9 Å². The predicted octanol–water partition coefficient (Wildman–Crippen LogP) is 0.950. The van der Waals surface area contributed by atoms with Crippen molar-refractivity contribution in [3.8, 4) is 0 Å². The Morgan fingerprint density at radius 2 is 2.00 bits per heavy atom. The molecule has 0 saturated heterocycles. The maximum atomic E-state index is 10.7. The first kappa shape index (κ1) is 12.4. The van der Waals surface area contributed by atoms with E-state index in [1.54, 1.807) is 0 Å². The van der Waals surface area contributed by atoms with Gasteiger partial charge in [0.15, 0.2) is 0 Å². The molecule has 65 valence electrons. The second-order valence-corrected chi connectivity index (χ2v) is 4.11. The van der Waals surface area contributed by atoms with E-state index in [0.29, 0.717) is 0 Å². The van der Waals surface area contributed by atoms with E-state index < -0.39 is 5.97 Å². The molecule has 1 aliphatic carbocycles. The molecule has 1 radical (unpaired) electrons. The van der Waals surface area contributed by atoms with Gasteiger partial charge in [-0.1, -0.05) is 26.7 Å². The van der Waals surface area contributed by atoms with E-state index in [1.807, 2.05) is 13.8 Å². The van der Waals surface area contributed by atoms with Crippen LogP contribution in [0.3, 0.4) is 0 Å². The van der Waals surface area contributed by atoms with Gasteiger partial charge in [0.2, 0.25) is 0 Å². The molecule has 1 atom stereocenters. The van der Waals surface area contributed by atoms with Crippen LogP contribution in [0.1, 0.15) is 39.5 Å². The van der Waals surface area contributed by atoms with Crippen LogP contribution in [0, 0.1) is 11.3 Å². The van der Waals surface area contributed by atoms with Crippen molar-refractivity contribution in [3.05, 3.63) is 0 Å². The molecule has 1 unspecified atom stereocenters. The number of hydrogen-bond acceptors (Lipinski definition) is 2. The summed E-state index contributed by atoms with van der Waals surface area (Å²) in [6, 6.07) is 0. The zero-order chi connectivity index (χ0) is 8.48. The molecule has 3 heteroatoms. The van der Waals surface area contributed by atoms with Gasteiger partial charge in [-0.15, -0.1) is 0 Å². The first-order chi connectivity index (χ1) is 5.04. The van der Waals surface area contributed by atoms with Crippen molar-refractivity contribution in [1.82, 2.24) is 0 Å². The third kappa shape index (κ3) is 2.72. The van der Waals surface area contributed by atoms with E-state index in [1.165, 1.54) is 0 Å². The van der Waals surface area contributed by atoms with Gasteiger partial charge in [-0.05, 0) is 18.3 Å². The van der Waals surface area contributed by atoms with Crippen molar-refractivity contribution in [2.24, 2.45) is 11.3 Å². The summed E-state index contributed by atoms with van der Waals surface area (Å²) < 4.78 is 0. The molecule has 1 rings (SSSR count). The number of aliphatic carboxylic acids is 1. The van der Waals surface area contributed by atoms with E-state index in [9.17, 15) is 9.90 Å². The number of carbonyl (C=O) groups is 1. The van der Waals surface area contributed by atoms with Crippen LogP contribution in [0.4, 0.5) is 0 Å². The number of carboxylic acid groups (broad SMARTS) is 1. The number of rotatable bonds is 1. The summed E-state index contributed by atoms with van der Waals surface area (Å²) in [6.07, 6.45) is 4.03. The smallest absolute Gasteiger partial charge is 0.550 e. The summed E-state index contributed by atoms with van der Waals surface area (Å²) in [6.45, 7) is 4.04.